The Hall–Kier alpha value is -4.31. The first-order valence-electron chi connectivity index (χ1n) is 10.9. The number of nitrogens with zero attached hydrogens (tertiary/aromatic N) is 2. The number of methoxy groups -OCH3 is 2. The third-order valence-corrected chi connectivity index (χ3v) is 6.81. The van der Waals surface area contributed by atoms with Crippen molar-refractivity contribution in [1.29, 1.82) is 0 Å². The second-order valence-corrected chi connectivity index (χ2v) is 8.94. The average Bonchev–Trinajstić information content (AvgIpc) is 3.38. The maximum Gasteiger partial charge on any atom is 0.336 e. The van der Waals surface area contributed by atoms with Crippen molar-refractivity contribution in [1.82, 2.24) is 10.3 Å². The van der Waals surface area contributed by atoms with Crippen molar-refractivity contribution < 1.29 is 24.0 Å². The van der Waals surface area contributed by atoms with E-state index in [0.29, 0.717) is 33.8 Å². The van der Waals surface area contributed by atoms with Crippen LogP contribution in [0.15, 0.2) is 76.5 Å². The molecule has 0 unspecified atom stereocenters. The number of benzene rings is 2. The van der Waals surface area contributed by atoms with Gasteiger partial charge < -0.3 is 14.8 Å². The number of esters is 2. The normalized spacial score (nSPS) is 13.9. The molecule has 36 heavy (non-hydrogen) atoms. The summed E-state index contributed by atoms with van der Waals surface area (Å²) in [4.78, 5) is 40.7. The minimum Gasteiger partial charge on any atom is -0.466 e. The van der Waals surface area contributed by atoms with Gasteiger partial charge in [0, 0.05) is 40.0 Å². The minimum atomic E-state index is -0.694. The van der Waals surface area contributed by atoms with Gasteiger partial charge in [0.05, 0.1) is 41.9 Å². The van der Waals surface area contributed by atoms with Crippen LogP contribution in [0, 0.1) is 10.1 Å². The zero-order valence-corrected chi connectivity index (χ0v) is 20.8. The van der Waals surface area contributed by atoms with E-state index < -0.39 is 22.8 Å². The molecule has 0 bridgehead atoms. The summed E-state index contributed by atoms with van der Waals surface area (Å²) in [5.74, 6) is -1.78. The van der Waals surface area contributed by atoms with Gasteiger partial charge in [-0.3, -0.25) is 10.1 Å². The van der Waals surface area contributed by atoms with Crippen LogP contribution in [0.25, 0.3) is 21.8 Å². The molecule has 0 amide bonds. The number of nitrogens with one attached hydrogen (secondary N) is 1. The van der Waals surface area contributed by atoms with Gasteiger partial charge in [0.1, 0.15) is 5.01 Å². The van der Waals surface area contributed by atoms with Crippen molar-refractivity contribution in [3.8, 4) is 21.8 Å². The summed E-state index contributed by atoms with van der Waals surface area (Å²) in [6, 6.07) is 13.7. The van der Waals surface area contributed by atoms with E-state index in [1.54, 1.807) is 26.0 Å². The molecule has 1 aliphatic rings. The fourth-order valence-electron chi connectivity index (χ4n) is 4.23. The molecule has 2 heterocycles. The Bertz CT molecular complexity index is 1380. The fraction of sp³-hybridized carbons (Fsp3) is 0.192. The molecule has 9 nitrogen and oxygen atoms in total. The smallest absolute Gasteiger partial charge is 0.336 e. The molecule has 0 aliphatic carbocycles. The van der Waals surface area contributed by atoms with E-state index in [9.17, 15) is 19.7 Å². The van der Waals surface area contributed by atoms with Gasteiger partial charge in [-0.25, -0.2) is 14.6 Å². The molecule has 1 N–H and O–H groups in total. The largest absolute Gasteiger partial charge is 0.466 e. The maximum absolute atomic E-state index is 12.8. The van der Waals surface area contributed by atoms with Crippen molar-refractivity contribution in [3.63, 3.8) is 0 Å². The summed E-state index contributed by atoms with van der Waals surface area (Å²) < 4.78 is 10.1. The van der Waals surface area contributed by atoms with E-state index in [2.05, 4.69) is 5.32 Å². The number of nitro benzene ring substituents is 1. The van der Waals surface area contributed by atoms with Crippen LogP contribution in [-0.4, -0.2) is 36.1 Å². The molecule has 3 aromatic rings. The van der Waals surface area contributed by atoms with E-state index >= 15 is 0 Å². The summed E-state index contributed by atoms with van der Waals surface area (Å²) in [6.07, 6.45) is 0. The van der Waals surface area contributed by atoms with Crippen LogP contribution in [0.3, 0.4) is 0 Å². The van der Waals surface area contributed by atoms with E-state index in [-0.39, 0.29) is 5.69 Å². The third-order valence-electron chi connectivity index (χ3n) is 5.92. The number of thiazole rings is 1. The number of carbonyl (C=O) groups excluding carboxylic acids is 2. The number of non-ortho nitro benzene ring substituents is 1. The van der Waals surface area contributed by atoms with Crippen LogP contribution in [0.1, 0.15) is 25.3 Å². The molecule has 0 fully saturated rings. The standard InChI is InChI=1S/C26H23N3O6S/c1-14-21(25(30)34-3)23(22(15(2)27-14)26(31)35-4)17-6-5-7-18(12-17)24-28-20(13-36-24)16-8-10-19(11-9-16)29(32)33/h5-13,23,27H,1-4H3. The lowest BCUT2D eigenvalue weighted by Gasteiger charge is -2.30. The highest BCUT2D eigenvalue weighted by molar-refractivity contribution is 7.13. The van der Waals surface area contributed by atoms with Gasteiger partial charge in [0.15, 0.2) is 0 Å². The van der Waals surface area contributed by atoms with Crippen LogP contribution < -0.4 is 5.32 Å². The van der Waals surface area contributed by atoms with Crippen LogP contribution in [-0.2, 0) is 19.1 Å². The average molecular weight is 506 g/mol. The maximum atomic E-state index is 12.8. The Morgan fingerprint density at radius 2 is 1.58 bits per heavy atom. The fourth-order valence-corrected chi connectivity index (χ4v) is 5.06. The van der Waals surface area contributed by atoms with Crippen LogP contribution >= 0.6 is 11.3 Å². The number of aromatic nitrogens is 1. The van der Waals surface area contributed by atoms with E-state index in [1.807, 2.05) is 29.6 Å². The Morgan fingerprint density at radius 3 is 2.14 bits per heavy atom. The number of dihydropyridines is 1. The van der Waals surface area contributed by atoms with Gasteiger partial charge in [-0.2, -0.15) is 0 Å². The first-order chi connectivity index (χ1) is 17.2. The number of nitro groups is 1. The van der Waals surface area contributed by atoms with Crippen molar-refractivity contribution >= 4 is 29.0 Å². The lowest BCUT2D eigenvalue weighted by atomic mass is 9.80. The van der Waals surface area contributed by atoms with E-state index in [0.717, 1.165) is 16.1 Å². The van der Waals surface area contributed by atoms with Gasteiger partial charge in [-0.1, -0.05) is 18.2 Å². The van der Waals surface area contributed by atoms with Gasteiger partial charge in [0.25, 0.3) is 5.69 Å². The quantitative estimate of drug-likeness (QED) is 0.283. The number of hydrogen-bond donors (Lipinski definition) is 1. The van der Waals surface area contributed by atoms with Gasteiger partial charge in [0.2, 0.25) is 0 Å². The van der Waals surface area contributed by atoms with Crippen molar-refractivity contribution in [2.45, 2.75) is 19.8 Å². The number of ether oxygens (including phenoxy) is 2. The van der Waals surface area contributed by atoms with Crippen molar-refractivity contribution in [2.24, 2.45) is 0 Å². The zero-order chi connectivity index (χ0) is 26.0. The highest BCUT2D eigenvalue weighted by Crippen LogP contribution is 2.40. The number of rotatable bonds is 6. The monoisotopic (exact) mass is 505 g/mol. The van der Waals surface area contributed by atoms with Crippen LogP contribution in [0.5, 0.6) is 0 Å². The molecule has 184 valence electrons. The molecule has 1 aliphatic heterocycles. The van der Waals surface area contributed by atoms with E-state index in [1.165, 1.54) is 37.7 Å². The molecular formula is C26H23N3O6S. The SMILES string of the molecule is COC(=O)C1=C(C)NC(C)=C(C(=O)OC)C1c1cccc(-c2nc(-c3ccc([N+](=O)[O-])cc3)cs2)c1. The third kappa shape index (κ3) is 4.63. The van der Waals surface area contributed by atoms with Gasteiger partial charge >= 0.3 is 11.9 Å². The second-order valence-electron chi connectivity index (χ2n) is 8.09. The number of allylic oxidation sites excluding steroid dienone is 2. The lowest BCUT2D eigenvalue weighted by molar-refractivity contribution is -0.384. The van der Waals surface area contributed by atoms with Gasteiger partial charge in [-0.15, -0.1) is 11.3 Å². The molecule has 0 radical (unpaired) electrons. The summed E-state index contributed by atoms with van der Waals surface area (Å²) in [5.41, 5.74) is 4.81. The molecule has 0 saturated carbocycles. The Morgan fingerprint density at radius 1 is 0.972 bits per heavy atom. The molecule has 2 aromatic carbocycles. The predicted octanol–water partition coefficient (Wildman–Crippen LogP) is 4.97. The Balaban J connectivity index is 1.76. The van der Waals surface area contributed by atoms with Crippen molar-refractivity contribution in [2.75, 3.05) is 14.2 Å². The Kier molecular flexibility index (Phi) is 6.98. The Labute approximate surface area is 211 Å². The van der Waals surface area contributed by atoms with Gasteiger partial charge in [-0.05, 0) is 37.6 Å². The summed E-state index contributed by atoms with van der Waals surface area (Å²) >= 11 is 1.42. The summed E-state index contributed by atoms with van der Waals surface area (Å²) in [6.45, 7) is 3.52. The highest BCUT2D eigenvalue weighted by atomic mass is 32.1. The van der Waals surface area contributed by atoms with Crippen molar-refractivity contribution in [3.05, 3.63) is 92.1 Å². The predicted molar refractivity (Wildman–Crippen MR) is 135 cm³/mol. The topological polar surface area (TPSA) is 121 Å². The first-order valence-corrected chi connectivity index (χ1v) is 11.8. The molecule has 0 spiro atoms. The molecule has 0 atom stereocenters. The van der Waals surface area contributed by atoms with Crippen LogP contribution in [0.2, 0.25) is 0 Å². The zero-order valence-electron chi connectivity index (χ0n) is 20.0. The van der Waals surface area contributed by atoms with E-state index in [4.69, 9.17) is 14.5 Å². The number of carbonyl (C=O) groups is 2. The molecule has 10 heteroatoms. The molecule has 4 rings (SSSR count). The molecule has 1 aromatic heterocycles. The first kappa shape index (κ1) is 24.8. The number of hydrogen-bond acceptors (Lipinski definition) is 9. The molecule has 0 saturated heterocycles. The second kappa shape index (κ2) is 10.1. The minimum absolute atomic E-state index is 0.0124. The summed E-state index contributed by atoms with van der Waals surface area (Å²) in [7, 11) is 2.60. The highest BCUT2D eigenvalue weighted by Gasteiger charge is 2.37. The lowest BCUT2D eigenvalue weighted by Crippen LogP contribution is -2.32. The summed E-state index contributed by atoms with van der Waals surface area (Å²) in [5, 5.41) is 16.6. The molecular weight excluding hydrogens is 482 g/mol. The van der Waals surface area contributed by atoms with Crippen LogP contribution in [0.4, 0.5) is 5.69 Å².